The van der Waals surface area contributed by atoms with Gasteiger partial charge in [0.1, 0.15) is 23.0 Å². The number of allylic oxidation sites excluding steroid dienone is 2. The molecule has 2 saturated heterocycles. The van der Waals surface area contributed by atoms with Crippen molar-refractivity contribution in [2.24, 2.45) is 32.2 Å². The number of alkyl halides is 2. The molecule has 272 valence electrons. The molecule has 4 unspecified atom stereocenters. The maximum Gasteiger partial charge on any atom is 0.255 e. The average Bonchev–Trinajstić information content (AvgIpc) is 3.46. The summed E-state index contributed by atoms with van der Waals surface area (Å²) in [4.78, 5) is 18.4. The van der Waals surface area contributed by atoms with E-state index in [0.717, 1.165) is 57.7 Å². The minimum atomic E-state index is -2.61. The van der Waals surface area contributed by atoms with E-state index in [4.69, 9.17) is 21.3 Å². The number of rotatable bonds is 7. The first-order valence-corrected chi connectivity index (χ1v) is 17.9. The summed E-state index contributed by atoms with van der Waals surface area (Å²) >= 11 is 0. The molecular weight excluding hydrogens is 658 g/mol. The molecule has 1 N–H and O–H groups in total. The van der Waals surface area contributed by atoms with Crippen LogP contribution in [0, 0.1) is 42.3 Å². The summed E-state index contributed by atoms with van der Waals surface area (Å²) in [6.45, 7) is 11.2. The molecule has 2 aromatic carbocycles. The van der Waals surface area contributed by atoms with Crippen LogP contribution in [0.25, 0.3) is 16.5 Å². The number of aliphatic hydroxyl groups is 1. The summed E-state index contributed by atoms with van der Waals surface area (Å²) in [5, 5.41) is 8.10. The van der Waals surface area contributed by atoms with Gasteiger partial charge in [0.25, 0.3) is 5.92 Å². The molecule has 51 heavy (non-hydrogen) atoms. The maximum atomic E-state index is 17.3. The molecule has 4 fully saturated rings. The van der Waals surface area contributed by atoms with Gasteiger partial charge >= 0.3 is 0 Å². The number of aliphatic hydroxyl groups excluding tert-OH is 1. The van der Waals surface area contributed by atoms with Crippen LogP contribution in [0.15, 0.2) is 56.5 Å². The summed E-state index contributed by atoms with van der Waals surface area (Å²) in [7, 11) is 1.00. The van der Waals surface area contributed by atoms with E-state index >= 15 is 8.78 Å². The van der Waals surface area contributed by atoms with Crippen molar-refractivity contribution in [1.82, 2.24) is 9.80 Å². The zero-order valence-electron chi connectivity index (χ0n) is 29.7. The number of hydrogen-bond acceptors (Lipinski definition) is 7. The minimum absolute atomic E-state index is 0.0246. The van der Waals surface area contributed by atoms with E-state index in [-0.39, 0.29) is 28.4 Å². The Morgan fingerprint density at radius 2 is 1.88 bits per heavy atom. The van der Waals surface area contributed by atoms with Crippen LogP contribution in [0.5, 0.6) is 0 Å². The fourth-order valence-electron chi connectivity index (χ4n) is 8.80. The quantitative estimate of drug-likeness (QED) is 0.188. The fourth-order valence-corrected chi connectivity index (χ4v) is 8.80. The second kappa shape index (κ2) is 15.0. The molecule has 3 heterocycles. The number of aryl methyl sites for hydroxylation is 1. The second-order valence-corrected chi connectivity index (χ2v) is 14.3. The van der Waals surface area contributed by atoms with E-state index < -0.39 is 29.4 Å². The third-order valence-corrected chi connectivity index (χ3v) is 11.5. The first kappa shape index (κ1) is 36.9. The van der Waals surface area contributed by atoms with Gasteiger partial charge in [-0.15, -0.1) is 6.42 Å². The lowest BCUT2D eigenvalue weighted by molar-refractivity contribution is 0.0223. The topological polar surface area (TPSA) is 73.0 Å². The van der Waals surface area contributed by atoms with Crippen molar-refractivity contribution < 1.29 is 27.4 Å². The van der Waals surface area contributed by atoms with Crippen molar-refractivity contribution in [2.45, 2.75) is 64.3 Å². The number of benzene rings is 2. The van der Waals surface area contributed by atoms with Crippen molar-refractivity contribution in [3.05, 3.63) is 64.0 Å². The van der Waals surface area contributed by atoms with Gasteiger partial charge in [0.15, 0.2) is 5.83 Å². The van der Waals surface area contributed by atoms with Crippen LogP contribution < -0.4 is 0 Å². The van der Waals surface area contributed by atoms with Gasteiger partial charge in [0, 0.05) is 80.4 Å². The summed E-state index contributed by atoms with van der Waals surface area (Å²) in [5.74, 6) is -2.11. The Bertz CT molecular complexity index is 1840. The van der Waals surface area contributed by atoms with Crippen molar-refractivity contribution >= 4 is 35.1 Å². The minimum Gasteiger partial charge on any atom is -0.400 e. The molecule has 0 spiro atoms. The molecule has 7 nitrogen and oxygen atoms in total. The second-order valence-electron chi connectivity index (χ2n) is 14.3. The SMILES string of the molecule is C#Cc1c(F)ccc2cc(C)cc(C3=C(F)C(=NCC45CCCC4N(CC4C(C)C4(F)F)CCC5)/C(=C(\N=C)N4CCCOCC4)C=N3)c12.CO. The van der Waals surface area contributed by atoms with Gasteiger partial charge in [-0.25, -0.2) is 22.6 Å². The Balaban J connectivity index is 0.00000220. The molecule has 2 aromatic rings. The third-order valence-electron chi connectivity index (χ3n) is 11.5. The molecule has 2 aliphatic carbocycles. The highest BCUT2D eigenvalue weighted by Crippen LogP contribution is 2.57. The predicted molar refractivity (Wildman–Crippen MR) is 196 cm³/mol. The molecule has 4 atom stereocenters. The number of fused-ring (bicyclic) bond motifs is 2. The smallest absolute Gasteiger partial charge is 0.255 e. The Morgan fingerprint density at radius 1 is 1.12 bits per heavy atom. The Morgan fingerprint density at radius 3 is 2.61 bits per heavy atom. The van der Waals surface area contributed by atoms with Crippen LogP contribution in [0.1, 0.15) is 62.1 Å². The fraction of sp³-hybridized carbons (Fsp3) is 0.525. The van der Waals surface area contributed by atoms with Crippen LogP contribution in [0.4, 0.5) is 17.6 Å². The van der Waals surface area contributed by atoms with Crippen LogP contribution in [-0.4, -0.2) is 98.6 Å². The Kier molecular flexibility index (Phi) is 10.9. The van der Waals surface area contributed by atoms with E-state index in [9.17, 15) is 8.78 Å². The van der Waals surface area contributed by atoms with Crippen LogP contribution in [-0.2, 0) is 4.74 Å². The zero-order valence-corrected chi connectivity index (χ0v) is 29.7. The molecule has 11 heteroatoms. The van der Waals surface area contributed by atoms with E-state index in [1.165, 1.54) is 6.07 Å². The average molecular weight is 706 g/mol. The summed E-state index contributed by atoms with van der Waals surface area (Å²) in [6.07, 6.45) is 12.7. The van der Waals surface area contributed by atoms with Crippen LogP contribution in [0.3, 0.4) is 0 Å². The van der Waals surface area contributed by atoms with Crippen LogP contribution in [0.2, 0.25) is 0 Å². The van der Waals surface area contributed by atoms with E-state index in [1.807, 2.05) is 17.9 Å². The van der Waals surface area contributed by atoms with Crippen molar-refractivity contribution in [3.63, 3.8) is 0 Å². The lowest BCUT2D eigenvalue weighted by Crippen LogP contribution is -2.51. The summed E-state index contributed by atoms with van der Waals surface area (Å²) in [6, 6.07) is 6.73. The highest BCUT2D eigenvalue weighted by atomic mass is 19.3. The summed E-state index contributed by atoms with van der Waals surface area (Å²) in [5.41, 5.74) is 1.58. The molecule has 0 radical (unpaired) electrons. The zero-order chi connectivity index (χ0) is 36.5. The van der Waals surface area contributed by atoms with Crippen molar-refractivity contribution in [3.8, 4) is 12.3 Å². The predicted octanol–water partition coefficient (Wildman–Crippen LogP) is 7.21. The number of halogens is 4. The molecule has 5 aliphatic rings. The van der Waals surface area contributed by atoms with Gasteiger partial charge < -0.3 is 14.7 Å². The number of aliphatic imine (C=N–C) groups is 3. The first-order chi connectivity index (χ1) is 24.6. The van der Waals surface area contributed by atoms with Crippen LogP contribution >= 0.6 is 0 Å². The molecule has 0 aromatic heterocycles. The molecule has 0 amide bonds. The monoisotopic (exact) mass is 705 g/mol. The van der Waals surface area contributed by atoms with E-state index in [2.05, 4.69) is 27.5 Å². The van der Waals surface area contributed by atoms with E-state index in [0.29, 0.717) is 67.1 Å². The number of ether oxygens (including phenoxy) is 1. The van der Waals surface area contributed by atoms with Crippen molar-refractivity contribution in [2.75, 3.05) is 53.0 Å². The van der Waals surface area contributed by atoms with Gasteiger partial charge in [-0.1, -0.05) is 31.4 Å². The number of nitrogens with zero attached hydrogens (tertiary/aromatic N) is 5. The number of likely N-dealkylation sites (tertiary alicyclic amines) is 1. The third kappa shape index (κ3) is 6.78. The molecule has 3 aliphatic heterocycles. The Labute approximate surface area is 297 Å². The maximum absolute atomic E-state index is 17.3. The van der Waals surface area contributed by atoms with Crippen molar-refractivity contribution in [1.29, 1.82) is 0 Å². The molecule has 2 saturated carbocycles. The number of terminal acetylenes is 1. The van der Waals surface area contributed by atoms with E-state index in [1.54, 1.807) is 25.3 Å². The first-order valence-electron chi connectivity index (χ1n) is 17.9. The van der Waals surface area contributed by atoms with Gasteiger partial charge in [-0.3, -0.25) is 14.9 Å². The highest BCUT2D eigenvalue weighted by molar-refractivity contribution is 6.29. The van der Waals surface area contributed by atoms with Gasteiger partial charge in [0.2, 0.25) is 0 Å². The number of piperidine rings is 1. The van der Waals surface area contributed by atoms with Gasteiger partial charge in [-0.05, 0) is 75.4 Å². The van der Waals surface area contributed by atoms with Gasteiger partial charge in [0.05, 0.1) is 17.7 Å². The number of hydrogen-bond donors (Lipinski definition) is 1. The molecule has 7 rings (SSSR count). The normalized spacial score (nSPS) is 29.3. The lowest BCUT2D eigenvalue weighted by Gasteiger charge is -2.46. The highest BCUT2D eigenvalue weighted by Gasteiger charge is 2.66. The Hall–Kier alpha value is -3.85. The largest absolute Gasteiger partial charge is 0.400 e. The lowest BCUT2D eigenvalue weighted by atomic mass is 9.74. The molecule has 0 bridgehead atoms. The van der Waals surface area contributed by atoms with Gasteiger partial charge in [-0.2, -0.15) is 0 Å². The summed E-state index contributed by atoms with van der Waals surface area (Å²) < 4.78 is 66.7. The molecular formula is C40H47F4N5O2. The standard InChI is InChI=1S/C39H43F4N5O.CH4O/c1-5-27-31(40)11-10-26-19-24(2)20-28(33(26)27)35-34(41)36(29(21-45-35)37(44-4)47-15-8-17-49-18-16-47)46-23-38-12-6-9-32(38)48(14-7-13-38)22-30-25(3)39(30,42)43;1-2/h1,10-11,19-21,25,30,32H,4,6-9,12-18,22-23H2,2-3H3;2H,1H3/b37-29+,46-36?;.